The van der Waals surface area contributed by atoms with Crippen LogP contribution in [0.15, 0.2) is 0 Å². The molecule has 8 heteroatoms. The Labute approximate surface area is 107 Å². The Morgan fingerprint density at radius 3 is 2.17 bits per heavy atom. The van der Waals surface area contributed by atoms with Crippen molar-refractivity contribution in [1.82, 2.24) is 9.62 Å². The van der Waals surface area contributed by atoms with Gasteiger partial charge in [0.25, 0.3) is 0 Å². The minimum absolute atomic E-state index is 0.102. The molecule has 18 heavy (non-hydrogen) atoms. The molecule has 110 valence electrons. The lowest BCUT2D eigenvalue weighted by Gasteiger charge is -2.22. The molecule has 0 aliphatic rings. The molecule has 0 atom stereocenters. The maximum absolute atomic E-state index is 12.3. The van der Waals surface area contributed by atoms with E-state index in [1.807, 2.05) is 6.92 Å². The van der Waals surface area contributed by atoms with E-state index in [-0.39, 0.29) is 18.8 Å². The van der Waals surface area contributed by atoms with E-state index in [1.165, 1.54) is 0 Å². The fourth-order valence-electron chi connectivity index (χ4n) is 1.40. The lowest BCUT2D eigenvalue weighted by atomic mass is 10.5. The summed E-state index contributed by atoms with van der Waals surface area (Å²) in [4.78, 5) is 0. The van der Waals surface area contributed by atoms with Gasteiger partial charge in [0.05, 0.1) is 5.75 Å². The number of nitrogens with zero attached hydrogens (tertiary/aromatic N) is 1. The Balaban J connectivity index is 4.47. The molecular weight excluding hydrogens is 269 g/mol. The predicted octanol–water partition coefficient (Wildman–Crippen LogP) is 1.59. The second kappa shape index (κ2) is 7.96. The van der Waals surface area contributed by atoms with E-state index < -0.39 is 22.7 Å². The van der Waals surface area contributed by atoms with Crippen LogP contribution >= 0.6 is 0 Å². The van der Waals surface area contributed by atoms with E-state index in [9.17, 15) is 21.6 Å². The Morgan fingerprint density at radius 1 is 1.11 bits per heavy atom. The summed E-state index contributed by atoms with van der Waals surface area (Å²) in [5, 5.41) is 2.86. The first kappa shape index (κ1) is 17.7. The Hall–Kier alpha value is -0.340. The van der Waals surface area contributed by atoms with Gasteiger partial charge >= 0.3 is 6.18 Å². The zero-order valence-corrected chi connectivity index (χ0v) is 11.6. The van der Waals surface area contributed by atoms with Crippen LogP contribution < -0.4 is 5.32 Å². The van der Waals surface area contributed by atoms with Crippen molar-refractivity contribution in [3.63, 3.8) is 0 Å². The van der Waals surface area contributed by atoms with Crippen LogP contribution in [0.2, 0.25) is 0 Å². The lowest BCUT2D eigenvalue weighted by molar-refractivity contribution is -0.136. The van der Waals surface area contributed by atoms with E-state index in [1.54, 1.807) is 6.92 Å². The Kier molecular flexibility index (Phi) is 7.81. The van der Waals surface area contributed by atoms with Gasteiger partial charge in [-0.1, -0.05) is 13.8 Å². The number of alkyl halides is 3. The lowest BCUT2D eigenvalue weighted by Crippen LogP contribution is -2.42. The van der Waals surface area contributed by atoms with Gasteiger partial charge in [-0.05, 0) is 19.4 Å². The van der Waals surface area contributed by atoms with Gasteiger partial charge in [-0.3, -0.25) is 0 Å². The summed E-state index contributed by atoms with van der Waals surface area (Å²) in [5.41, 5.74) is 0. The van der Waals surface area contributed by atoms with Crippen molar-refractivity contribution in [2.24, 2.45) is 0 Å². The van der Waals surface area contributed by atoms with E-state index >= 15 is 0 Å². The normalized spacial score (nSPS) is 13.2. The van der Waals surface area contributed by atoms with Crippen molar-refractivity contribution >= 4 is 10.0 Å². The van der Waals surface area contributed by atoms with Gasteiger partial charge in [-0.2, -0.15) is 17.5 Å². The number of halogens is 3. The smallest absolute Gasteiger partial charge is 0.316 e. The maximum atomic E-state index is 12.3. The molecule has 0 saturated carbocycles. The van der Waals surface area contributed by atoms with Crippen molar-refractivity contribution in [3.05, 3.63) is 0 Å². The zero-order chi connectivity index (χ0) is 14.2. The average molecular weight is 290 g/mol. The summed E-state index contributed by atoms with van der Waals surface area (Å²) in [5.74, 6) is -0.302. The van der Waals surface area contributed by atoms with E-state index in [0.717, 1.165) is 6.42 Å². The third-order valence-corrected chi connectivity index (χ3v) is 4.00. The SMILES string of the molecule is CCCNCCS(=O)(=O)N(CCC)CC(F)(F)F. The predicted molar refractivity (Wildman–Crippen MR) is 64.9 cm³/mol. The first-order valence-corrected chi connectivity index (χ1v) is 7.59. The fraction of sp³-hybridized carbons (Fsp3) is 1.00. The van der Waals surface area contributed by atoms with Gasteiger partial charge in [-0.15, -0.1) is 0 Å². The van der Waals surface area contributed by atoms with Crippen LogP contribution in [0.3, 0.4) is 0 Å². The molecule has 0 aliphatic heterocycles. The molecule has 0 radical (unpaired) electrons. The summed E-state index contributed by atoms with van der Waals surface area (Å²) < 4.78 is 60.9. The summed E-state index contributed by atoms with van der Waals surface area (Å²) in [6.07, 6.45) is -3.29. The number of sulfonamides is 1. The molecule has 0 fully saturated rings. The standard InChI is InChI=1S/C10H21F3N2O2S/c1-3-5-14-6-8-18(16,17)15(7-4-2)9-10(11,12)13/h14H,3-9H2,1-2H3. The molecule has 0 heterocycles. The first-order valence-electron chi connectivity index (χ1n) is 5.98. The highest BCUT2D eigenvalue weighted by atomic mass is 32.2. The van der Waals surface area contributed by atoms with Crippen molar-refractivity contribution in [3.8, 4) is 0 Å². The molecule has 0 unspecified atom stereocenters. The van der Waals surface area contributed by atoms with E-state index in [4.69, 9.17) is 0 Å². The second-order valence-corrected chi connectivity index (χ2v) is 6.10. The summed E-state index contributed by atoms with van der Waals surface area (Å²) in [6.45, 7) is 2.89. The quantitative estimate of drug-likeness (QED) is 0.656. The summed E-state index contributed by atoms with van der Waals surface area (Å²) in [6, 6.07) is 0. The van der Waals surface area contributed by atoms with Gasteiger partial charge in [0.2, 0.25) is 10.0 Å². The van der Waals surface area contributed by atoms with Crippen molar-refractivity contribution in [2.75, 3.05) is 31.9 Å². The molecule has 0 rings (SSSR count). The van der Waals surface area contributed by atoms with Gasteiger partial charge in [0.15, 0.2) is 0 Å². The molecule has 4 nitrogen and oxygen atoms in total. The highest BCUT2D eigenvalue weighted by molar-refractivity contribution is 7.89. The number of nitrogens with one attached hydrogen (secondary N) is 1. The highest BCUT2D eigenvalue weighted by Gasteiger charge is 2.35. The number of rotatable bonds is 9. The summed E-state index contributed by atoms with van der Waals surface area (Å²) >= 11 is 0. The van der Waals surface area contributed by atoms with E-state index in [2.05, 4.69) is 5.32 Å². The van der Waals surface area contributed by atoms with Crippen LogP contribution in [-0.2, 0) is 10.0 Å². The zero-order valence-electron chi connectivity index (χ0n) is 10.8. The van der Waals surface area contributed by atoms with Gasteiger partial charge in [0, 0.05) is 13.1 Å². The van der Waals surface area contributed by atoms with Gasteiger partial charge < -0.3 is 5.32 Å². The Bertz CT molecular complexity index is 318. The monoisotopic (exact) mass is 290 g/mol. The molecular formula is C10H21F3N2O2S. The largest absolute Gasteiger partial charge is 0.402 e. The molecule has 0 spiro atoms. The average Bonchev–Trinajstić information content (AvgIpc) is 2.22. The first-order chi connectivity index (χ1) is 8.23. The fourth-order valence-corrected chi connectivity index (χ4v) is 2.86. The molecule has 0 aromatic rings. The molecule has 0 saturated heterocycles. The van der Waals surface area contributed by atoms with Crippen LogP contribution in [0.4, 0.5) is 13.2 Å². The number of hydrogen-bond acceptors (Lipinski definition) is 3. The van der Waals surface area contributed by atoms with Crippen molar-refractivity contribution in [2.45, 2.75) is 32.9 Å². The minimum atomic E-state index is -4.50. The minimum Gasteiger partial charge on any atom is -0.316 e. The molecule has 0 aliphatic carbocycles. The van der Waals surface area contributed by atoms with Crippen molar-refractivity contribution in [1.29, 1.82) is 0 Å². The number of hydrogen-bond donors (Lipinski definition) is 1. The topological polar surface area (TPSA) is 49.4 Å². The van der Waals surface area contributed by atoms with Crippen LogP contribution in [0.5, 0.6) is 0 Å². The Morgan fingerprint density at radius 2 is 1.72 bits per heavy atom. The second-order valence-electron chi connectivity index (χ2n) is 4.01. The highest BCUT2D eigenvalue weighted by Crippen LogP contribution is 2.18. The molecule has 0 bridgehead atoms. The van der Waals surface area contributed by atoms with Crippen LogP contribution in [0.25, 0.3) is 0 Å². The molecule has 0 aromatic carbocycles. The van der Waals surface area contributed by atoms with E-state index in [0.29, 0.717) is 17.3 Å². The molecule has 0 amide bonds. The van der Waals surface area contributed by atoms with Crippen molar-refractivity contribution < 1.29 is 21.6 Å². The molecule has 0 aromatic heterocycles. The van der Waals surface area contributed by atoms with Gasteiger partial charge in [0.1, 0.15) is 6.54 Å². The van der Waals surface area contributed by atoms with Gasteiger partial charge in [-0.25, -0.2) is 8.42 Å². The van der Waals surface area contributed by atoms with Crippen LogP contribution in [0, 0.1) is 0 Å². The van der Waals surface area contributed by atoms with Crippen LogP contribution in [-0.4, -0.2) is 50.8 Å². The maximum Gasteiger partial charge on any atom is 0.402 e. The third kappa shape index (κ3) is 7.88. The molecule has 1 N–H and O–H groups in total. The van der Waals surface area contributed by atoms with Crippen LogP contribution in [0.1, 0.15) is 26.7 Å². The summed E-state index contributed by atoms with van der Waals surface area (Å²) in [7, 11) is -3.85. The third-order valence-electron chi connectivity index (χ3n) is 2.19.